The zero-order valence-electron chi connectivity index (χ0n) is 16.0. The van der Waals surface area contributed by atoms with Gasteiger partial charge in [-0.15, -0.1) is 0 Å². The molecule has 3 rings (SSSR count). The molecule has 1 saturated heterocycles. The number of hydrogen-bond acceptors (Lipinski definition) is 4. The van der Waals surface area contributed by atoms with Crippen LogP contribution in [0.15, 0.2) is 30.7 Å². The zero-order valence-corrected chi connectivity index (χ0v) is 16.0. The van der Waals surface area contributed by atoms with Crippen LogP contribution < -0.4 is 5.46 Å². The Morgan fingerprint density at radius 3 is 2.37 bits per heavy atom. The van der Waals surface area contributed by atoms with Crippen LogP contribution in [0.25, 0.3) is 0 Å². The monoisotopic (exact) mass is 381 g/mol. The average Bonchev–Trinajstić information content (AvgIpc) is 3.11. The molecule has 0 spiro atoms. The van der Waals surface area contributed by atoms with Crippen molar-refractivity contribution in [3.63, 3.8) is 0 Å². The molecule has 146 valence electrons. The van der Waals surface area contributed by atoms with Crippen molar-refractivity contribution in [2.75, 3.05) is 0 Å². The van der Waals surface area contributed by atoms with Gasteiger partial charge in [0.2, 0.25) is 0 Å². The van der Waals surface area contributed by atoms with Crippen LogP contribution >= 0.6 is 0 Å². The van der Waals surface area contributed by atoms with E-state index in [0.717, 1.165) is 11.5 Å². The van der Waals surface area contributed by atoms with Crippen LogP contribution in [0.1, 0.15) is 58.3 Å². The van der Waals surface area contributed by atoms with E-state index in [4.69, 9.17) is 9.31 Å². The van der Waals surface area contributed by atoms with Gasteiger partial charge >= 0.3 is 13.3 Å². The largest absolute Gasteiger partial charge is 0.498 e. The highest BCUT2D eigenvalue weighted by Gasteiger charge is 2.52. The topological polar surface area (TPSA) is 49.2 Å². The number of halogens is 3. The molecular weight excluding hydrogens is 358 g/mol. The van der Waals surface area contributed by atoms with Crippen molar-refractivity contribution in [3.05, 3.63) is 42.0 Å². The molecule has 3 heterocycles. The quantitative estimate of drug-likeness (QED) is 0.760. The first kappa shape index (κ1) is 19.9. The van der Waals surface area contributed by atoms with Gasteiger partial charge in [-0.2, -0.15) is 18.3 Å². The summed E-state index contributed by atoms with van der Waals surface area (Å²) in [6.45, 7) is 9.74. The fourth-order valence-corrected chi connectivity index (χ4v) is 3.01. The molecule has 1 aliphatic rings. The maximum absolute atomic E-state index is 13.0. The molecule has 0 N–H and O–H groups in total. The molecule has 1 fully saturated rings. The summed E-state index contributed by atoms with van der Waals surface area (Å²) in [5.74, 6) is 0. The van der Waals surface area contributed by atoms with Crippen LogP contribution in [0, 0.1) is 0 Å². The van der Waals surface area contributed by atoms with E-state index in [9.17, 15) is 13.2 Å². The number of pyridine rings is 1. The predicted octanol–water partition coefficient (Wildman–Crippen LogP) is 3.60. The van der Waals surface area contributed by atoms with Gasteiger partial charge in [-0.05, 0) is 51.8 Å². The molecule has 0 aliphatic carbocycles. The van der Waals surface area contributed by atoms with Crippen molar-refractivity contribution in [2.45, 2.75) is 64.5 Å². The van der Waals surface area contributed by atoms with Gasteiger partial charge in [-0.3, -0.25) is 9.67 Å². The molecule has 1 unspecified atom stereocenters. The van der Waals surface area contributed by atoms with Crippen molar-refractivity contribution < 1.29 is 22.5 Å². The summed E-state index contributed by atoms with van der Waals surface area (Å²) in [6, 6.07) is 2.31. The van der Waals surface area contributed by atoms with Crippen LogP contribution in [-0.4, -0.2) is 33.1 Å². The maximum atomic E-state index is 13.0. The van der Waals surface area contributed by atoms with E-state index in [1.165, 1.54) is 6.20 Å². The first-order valence-corrected chi connectivity index (χ1v) is 8.87. The summed E-state index contributed by atoms with van der Waals surface area (Å²) < 4.78 is 52.6. The molecule has 2 aromatic heterocycles. The van der Waals surface area contributed by atoms with Gasteiger partial charge < -0.3 is 9.31 Å². The zero-order chi connectivity index (χ0) is 20.0. The molecule has 0 amide bonds. The van der Waals surface area contributed by atoms with Crippen LogP contribution in [0.2, 0.25) is 0 Å². The van der Waals surface area contributed by atoms with E-state index in [1.807, 2.05) is 34.6 Å². The Balaban J connectivity index is 1.87. The number of hydrogen-bond donors (Lipinski definition) is 0. The number of aromatic nitrogens is 3. The normalized spacial score (nSPS) is 20.1. The van der Waals surface area contributed by atoms with Gasteiger partial charge in [0.1, 0.15) is 5.69 Å². The Labute approximate surface area is 157 Å². The maximum Gasteiger partial charge on any atom is 0.498 e. The predicted molar refractivity (Wildman–Crippen MR) is 95.6 cm³/mol. The molecule has 0 saturated carbocycles. The molecule has 0 radical (unpaired) electrons. The van der Waals surface area contributed by atoms with Crippen molar-refractivity contribution in [3.8, 4) is 0 Å². The molecule has 0 aromatic carbocycles. The smallest absolute Gasteiger partial charge is 0.399 e. The van der Waals surface area contributed by atoms with Crippen LogP contribution in [0.4, 0.5) is 13.2 Å². The lowest BCUT2D eigenvalue weighted by Crippen LogP contribution is -2.41. The molecule has 0 bridgehead atoms. The summed E-state index contributed by atoms with van der Waals surface area (Å²) in [4.78, 5) is 3.43. The highest BCUT2D eigenvalue weighted by molar-refractivity contribution is 6.62. The second-order valence-electron chi connectivity index (χ2n) is 7.74. The van der Waals surface area contributed by atoms with Crippen LogP contribution in [0.3, 0.4) is 0 Å². The minimum atomic E-state index is -4.48. The molecule has 5 nitrogen and oxygen atoms in total. The van der Waals surface area contributed by atoms with E-state index in [0.29, 0.717) is 12.0 Å². The summed E-state index contributed by atoms with van der Waals surface area (Å²) in [7, 11) is -0.565. The van der Waals surface area contributed by atoms with E-state index < -0.39 is 30.2 Å². The Bertz CT molecular complexity index is 804. The standard InChI is InChI=1S/C18H23BF3N3O2/c1-6-14(12-7-8-23-15(9-12)18(20,21)22)25-11-13(10-24-25)19-26-16(2,3)17(4,5)27-19/h7-11,14H,6H2,1-5H3. The van der Waals surface area contributed by atoms with Gasteiger partial charge in [0, 0.05) is 24.1 Å². The highest BCUT2D eigenvalue weighted by atomic mass is 19.4. The van der Waals surface area contributed by atoms with Crippen molar-refractivity contribution in [2.24, 2.45) is 0 Å². The lowest BCUT2D eigenvalue weighted by atomic mass is 9.82. The van der Waals surface area contributed by atoms with Crippen molar-refractivity contribution in [1.29, 1.82) is 0 Å². The summed E-state index contributed by atoms with van der Waals surface area (Å²) >= 11 is 0. The highest BCUT2D eigenvalue weighted by Crippen LogP contribution is 2.36. The molecule has 27 heavy (non-hydrogen) atoms. The van der Waals surface area contributed by atoms with E-state index >= 15 is 0 Å². The van der Waals surface area contributed by atoms with Gasteiger partial charge in [-0.25, -0.2) is 0 Å². The number of rotatable bonds is 4. The fourth-order valence-electron chi connectivity index (χ4n) is 3.01. The number of nitrogens with zero attached hydrogens (tertiary/aromatic N) is 3. The Kier molecular flexibility index (Phi) is 4.88. The Morgan fingerprint density at radius 1 is 1.19 bits per heavy atom. The van der Waals surface area contributed by atoms with Gasteiger partial charge in [0.05, 0.1) is 17.2 Å². The minimum absolute atomic E-state index is 0.342. The molecular formula is C18H23BF3N3O2. The van der Waals surface area contributed by atoms with Gasteiger partial charge in [0.25, 0.3) is 0 Å². The lowest BCUT2D eigenvalue weighted by Gasteiger charge is -2.32. The average molecular weight is 381 g/mol. The van der Waals surface area contributed by atoms with E-state index in [-0.39, 0.29) is 6.04 Å². The Hall–Kier alpha value is -1.87. The van der Waals surface area contributed by atoms with Crippen molar-refractivity contribution >= 4 is 12.6 Å². The SMILES string of the molecule is CCC(c1ccnc(C(F)(F)F)c1)n1cc(B2OC(C)(C)C(C)(C)O2)cn1. The third-order valence-corrected chi connectivity index (χ3v) is 5.31. The minimum Gasteiger partial charge on any atom is -0.399 e. The second-order valence-corrected chi connectivity index (χ2v) is 7.74. The molecule has 9 heteroatoms. The van der Waals surface area contributed by atoms with Gasteiger partial charge in [0.15, 0.2) is 0 Å². The molecule has 2 aromatic rings. The van der Waals surface area contributed by atoms with Crippen LogP contribution in [-0.2, 0) is 15.5 Å². The summed E-state index contributed by atoms with van der Waals surface area (Å²) in [6.07, 6.45) is 0.679. The van der Waals surface area contributed by atoms with Crippen molar-refractivity contribution in [1.82, 2.24) is 14.8 Å². The van der Waals surface area contributed by atoms with Crippen LogP contribution in [0.5, 0.6) is 0 Å². The third-order valence-electron chi connectivity index (χ3n) is 5.31. The summed E-state index contributed by atoms with van der Waals surface area (Å²) in [5, 5.41) is 4.35. The van der Waals surface area contributed by atoms with E-state index in [2.05, 4.69) is 10.1 Å². The fraction of sp³-hybridized carbons (Fsp3) is 0.556. The van der Waals surface area contributed by atoms with E-state index in [1.54, 1.807) is 23.1 Å². The summed E-state index contributed by atoms with van der Waals surface area (Å²) in [5.41, 5.74) is -0.620. The van der Waals surface area contributed by atoms with Gasteiger partial charge in [-0.1, -0.05) is 6.92 Å². The first-order chi connectivity index (χ1) is 12.4. The molecule has 1 atom stereocenters. The number of alkyl halides is 3. The lowest BCUT2D eigenvalue weighted by molar-refractivity contribution is -0.141. The second kappa shape index (κ2) is 6.63. The molecule has 1 aliphatic heterocycles. The first-order valence-electron chi connectivity index (χ1n) is 8.87. The third kappa shape index (κ3) is 3.75. The Morgan fingerprint density at radius 2 is 1.81 bits per heavy atom.